The lowest BCUT2D eigenvalue weighted by molar-refractivity contribution is -0.161. The van der Waals surface area contributed by atoms with Gasteiger partial charge >= 0.3 is 11.9 Å². The van der Waals surface area contributed by atoms with Crippen molar-refractivity contribution in [3.8, 4) is 0 Å². The van der Waals surface area contributed by atoms with Crippen molar-refractivity contribution in [1.29, 1.82) is 0 Å². The van der Waals surface area contributed by atoms with E-state index in [1.165, 1.54) is 263 Å². The van der Waals surface area contributed by atoms with Gasteiger partial charge in [-0.15, -0.1) is 0 Å². The molecule has 0 radical (unpaired) electrons. The van der Waals surface area contributed by atoms with Crippen molar-refractivity contribution in [2.75, 3.05) is 13.2 Å². The number of rotatable bonds is 52. The minimum atomic E-state index is -0.764. The summed E-state index contributed by atoms with van der Waals surface area (Å²) in [5.41, 5.74) is 0. The molecule has 60 heavy (non-hydrogen) atoms. The number of aliphatic hydroxyl groups is 1. The molecule has 5 nitrogen and oxygen atoms in total. The summed E-state index contributed by atoms with van der Waals surface area (Å²) in [5, 5.41) is 9.64. The van der Waals surface area contributed by atoms with Crippen LogP contribution in [0.5, 0.6) is 0 Å². The highest BCUT2D eigenvalue weighted by Gasteiger charge is 2.16. The largest absolute Gasteiger partial charge is 0.462 e. The highest BCUT2D eigenvalue weighted by Crippen LogP contribution is 2.18. The molecule has 0 spiro atoms. The van der Waals surface area contributed by atoms with Crippen LogP contribution in [0.4, 0.5) is 0 Å². The van der Waals surface area contributed by atoms with Crippen molar-refractivity contribution in [2.45, 2.75) is 328 Å². The Kier molecular flexibility index (Phi) is 51.3. The smallest absolute Gasteiger partial charge is 0.306 e. The fourth-order valence-electron chi connectivity index (χ4n) is 8.74. The summed E-state index contributed by atoms with van der Waals surface area (Å²) in [6.45, 7) is 4.21. The summed E-state index contributed by atoms with van der Waals surface area (Å²) in [6, 6.07) is 0. The highest BCUT2D eigenvalue weighted by atomic mass is 16.6. The minimum Gasteiger partial charge on any atom is -0.462 e. The van der Waals surface area contributed by atoms with E-state index in [9.17, 15) is 14.7 Å². The molecule has 0 aromatic carbocycles. The summed E-state index contributed by atoms with van der Waals surface area (Å²) in [7, 11) is 0. The molecule has 0 rings (SSSR count). The SMILES string of the molecule is CCCCCCCCCCCCCCCCCCCCCCCCCCC(=O)OC(CO)COC(=O)CCCCCCCCCCCCCCCCCCCCCCCC. The maximum Gasteiger partial charge on any atom is 0.306 e. The molecule has 1 atom stereocenters. The fraction of sp³-hybridized carbons (Fsp3) is 0.964. The van der Waals surface area contributed by atoms with E-state index in [1.54, 1.807) is 0 Å². The third-order valence-electron chi connectivity index (χ3n) is 12.9. The van der Waals surface area contributed by atoms with Crippen molar-refractivity contribution < 1.29 is 24.2 Å². The Morgan fingerprint density at radius 2 is 0.517 bits per heavy atom. The Morgan fingerprint density at radius 3 is 0.733 bits per heavy atom. The third kappa shape index (κ3) is 49.6. The normalized spacial score (nSPS) is 12.0. The van der Waals surface area contributed by atoms with E-state index in [4.69, 9.17) is 9.47 Å². The molecule has 0 amide bonds. The maximum absolute atomic E-state index is 12.3. The zero-order valence-electron chi connectivity index (χ0n) is 41.0. The van der Waals surface area contributed by atoms with Crippen LogP contribution in [0.15, 0.2) is 0 Å². The fourth-order valence-corrected chi connectivity index (χ4v) is 8.74. The van der Waals surface area contributed by atoms with E-state index in [-0.39, 0.29) is 25.2 Å². The summed E-state index contributed by atoms with van der Waals surface area (Å²) in [5.74, 6) is -0.564. The molecule has 0 saturated carbocycles. The van der Waals surface area contributed by atoms with E-state index >= 15 is 0 Å². The molecule has 1 unspecified atom stereocenters. The first-order valence-electron chi connectivity index (χ1n) is 27.6. The van der Waals surface area contributed by atoms with Crippen LogP contribution < -0.4 is 0 Å². The number of unbranched alkanes of at least 4 members (excludes halogenated alkanes) is 44. The third-order valence-corrected chi connectivity index (χ3v) is 12.9. The quantitative estimate of drug-likeness (QED) is 0.0488. The minimum absolute atomic E-state index is 0.0557. The molecule has 0 aromatic rings. The number of aliphatic hydroxyl groups excluding tert-OH is 1. The van der Waals surface area contributed by atoms with Gasteiger partial charge in [0.2, 0.25) is 0 Å². The van der Waals surface area contributed by atoms with Crippen LogP contribution in [-0.2, 0) is 19.1 Å². The van der Waals surface area contributed by atoms with Crippen LogP contribution in [0.1, 0.15) is 322 Å². The Morgan fingerprint density at radius 1 is 0.317 bits per heavy atom. The summed E-state index contributed by atoms with van der Waals surface area (Å²) in [4.78, 5) is 24.5. The van der Waals surface area contributed by atoms with E-state index in [0.29, 0.717) is 12.8 Å². The van der Waals surface area contributed by atoms with Gasteiger partial charge in [-0.1, -0.05) is 296 Å². The standard InChI is InChI=1S/C55H108O5/c1-3-5-7-9-11-13-15-17-19-21-23-25-27-28-30-32-34-36-38-40-42-44-46-48-50-55(58)60-53(51-56)52-59-54(57)49-47-45-43-41-39-37-35-33-31-29-26-24-22-20-18-16-14-12-10-8-6-4-2/h53,56H,3-52H2,1-2H3. The van der Waals surface area contributed by atoms with Gasteiger partial charge in [0, 0.05) is 12.8 Å². The van der Waals surface area contributed by atoms with Gasteiger partial charge in [0.1, 0.15) is 6.61 Å². The summed E-state index contributed by atoms with van der Waals surface area (Å²) < 4.78 is 10.7. The zero-order valence-corrected chi connectivity index (χ0v) is 41.0. The monoisotopic (exact) mass is 849 g/mol. The van der Waals surface area contributed by atoms with Crippen LogP contribution in [-0.4, -0.2) is 36.4 Å². The van der Waals surface area contributed by atoms with Gasteiger partial charge in [0.15, 0.2) is 6.10 Å². The van der Waals surface area contributed by atoms with Crippen LogP contribution in [0, 0.1) is 0 Å². The van der Waals surface area contributed by atoms with Crippen LogP contribution in [0.3, 0.4) is 0 Å². The van der Waals surface area contributed by atoms with E-state index in [1.807, 2.05) is 0 Å². The zero-order chi connectivity index (χ0) is 43.5. The molecule has 0 aliphatic rings. The number of esters is 2. The first-order valence-corrected chi connectivity index (χ1v) is 27.6. The molecule has 0 heterocycles. The number of hydrogen-bond acceptors (Lipinski definition) is 5. The molecule has 5 heteroatoms. The lowest BCUT2D eigenvalue weighted by Gasteiger charge is -2.15. The lowest BCUT2D eigenvalue weighted by atomic mass is 10.0. The molecule has 0 saturated heterocycles. The Bertz CT molecular complexity index is 830. The van der Waals surface area contributed by atoms with Crippen molar-refractivity contribution in [3.05, 3.63) is 0 Å². The number of carbonyl (C=O) groups excluding carboxylic acids is 2. The highest BCUT2D eigenvalue weighted by molar-refractivity contribution is 5.70. The van der Waals surface area contributed by atoms with Gasteiger partial charge in [-0.25, -0.2) is 0 Å². The average Bonchev–Trinajstić information content (AvgIpc) is 3.25. The van der Waals surface area contributed by atoms with Gasteiger partial charge in [0.05, 0.1) is 6.61 Å². The van der Waals surface area contributed by atoms with Crippen molar-refractivity contribution in [3.63, 3.8) is 0 Å². The molecule has 0 aliphatic carbocycles. The van der Waals surface area contributed by atoms with Gasteiger partial charge in [-0.3, -0.25) is 9.59 Å². The first kappa shape index (κ1) is 58.9. The molecule has 358 valence electrons. The lowest BCUT2D eigenvalue weighted by Crippen LogP contribution is -2.28. The van der Waals surface area contributed by atoms with E-state index in [0.717, 1.165) is 32.1 Å². The average molecular weight is 849 g/mol. The second-order valence-corrected chi connectivity index (χ2v) is 19.0. The van der Waals surface area contributed by atoms with Crippen molar-refractivity contribution in [1.82, 2.24) is 0 Å². The van der Waals surface area contributed by atoms with Crippen molar-refractivity contribution in [2.24, 2.45) is 0 Å². The first-order chi connectivity index (χ1) is 29.6. The molecular formula is C55H108O5. The molecule has 0 bridgehead atoms. The molecule has 0 aromatic heterocycles. The number of ether oxygens (including phenoxy) is 2. The summed E-state index contributed by atoms with van der Waals surface area (Å²) in [6.07, 6.45) is 62.2. The number of hydrogen-bond donors (Lipinski definition) is 1. The maximum atomic E-state index is 12.3. The Hall–Kier alpha value is -1.10. The summed E-state index contributed by atoms with van der Waals surface area (Å²) >= 11 is 0. The predicted molar refractivity (Wildman–Crippen MR) is 261 cm³/mol. The van der Waals surface area contributed by atoms with Gasteiger partial charge in [-0.05, 0) is 12.8 Å². The predicted octanol–water partition coefficient (Wildman–Crippen LogP) is 18.2. The van der Waals surface area contributed by atoms with Crippen molar-refractivity contribution >= 4 is 11.9 Å². The topological polar surface area (TPSA) is 72.8 Å². The second kappa shape index (κ2) is 52.2. The van der Waals surface area contributed by atoms with Gasteiger partial charge in [-0.2, -0.15) is 0 Å². The molecule has 0 aliphatic heterocycles. The van der Waals surface area contributed by atoms with Crippen LogP contribution in [0.2, 0.25) is 0 Å². The van der Waals surface area contributed by atoms with Gasteiger partial charge in [0.25, 0.3) is 0 Å². The molecule has 0 fully saturated rings. The second-order valence-electron chi connectivity index (χ2n) is 19.0. The molecular weight excluding hydrogens is 741 g/mol. The van der Waals surface area contributed by atoms with Gasteiger partial charge < -0.3 is 14.6 Å². The van der Waals surface area contributed by atoms with E-state index < -0.39 is 6.10 Å². The molecule has 1 N–H and O–H groups in total. The Labute approximate surface area is 376 Å². The Balaban J connectivity index is 3.40. The van der Waals surface area contributed by atoms with Crippen LogP contribution in [0.25, 0.3) is 0 Å². The number of carbonyl (C=O) groups is 2. The van der Waals surface area contributed by atoms with E-state index in [2.05, 4.69) is 13.8 Å². The van der Waals surface area contributed by atoms with Crippen LogP contribution >= 0.6 is 0 Å².